The monoisotopic (exact) mass is 446 g/mol. The van der Waals surface area contributed by atoms with Crippen LogP contribution in [0.1, 0.15) is 42.5 Å². The van der Waals surface area contributed by atoms with Gasteiger partial charge < -0.3 is 20.4 Å². The predicted octanol–water partition coefficient (Wildman–Crippen LogP) is 3.12. The molecule has 0 bridgehead atoms. The predicted molar refractivity (Wildman–Crippen MR) is 124 cm³/mol. The van der Waals surface area contributed by atoms with Crippen molar-refractivity contribution in [1.82, 2.24) is 18.9 Å². The number of esters is 1. The normalized spacial score (nSPS) is 11.5. The number of ether oxygens (including phenoxy) is 1. The standard InChI is InChI=1S/C24H26N6O3/c1-24(2,3)33-22(31)10-17-14-29(15-27-17)18-8-7-16(12-25)19(11-18)28-23(32)20-13-26-21-6-4-5-9-30(20)21/h4-9,11,13-15H,10,12,25H2,1-3H3,(H,28,32). The molecule has 0 saturated heterocycles. The van der Waals surface area contributed by atoms with E-state index in [0.717, 1.165) is 11.3 Å². The van der Waals surface area contributed by atoms with E-state index >= 15 is 0 Å². The van der Waals surface area contributed by atoms with Gasteiger partial charge in [-0.2, -0.15) is 0 Å². The van der Waals surface area contributed by atoms with Crippen LogP contribution in [0.15, 0.2) is 61.3 Å². The molecule has 170 valence electrons. The second-order valence-electron chi connectivity index (χ2n) is 8.61. The van der Waals surface area contributed by atoms with Crippen LogP contribution >= 0.6 is 0 Å². The molecule has 0 aliphatic heterocycles. The Morgan fingerprint density at radius 1 is 1.15 bits per heavy atom. The number of nitrogens with two attached hydrogens (primary N) is 1. The van der Waals surface area contributed by atoms with E-state index in [-0.39, 0.29) is 24.8 Å². The molecule has 3 aromatic heterocycles. The van der Waals surface area contributed by atoms with Gasteiger partial charge in [0.1, 0.15) is 16.9 Å². The number of nitrogens with one attached hydrogen (secondary N) is 1. The van der Waals surface area contributed by atoms with Crippen molar-refractivity contribution in [3.05, 3.63) is 78.3 Å². The molecule has 1 aromatic carbocycles. The molecule has 4 aromatic rings. The molecule has 3 N–H and O–H groups in total. The first kappa shape index (κ1) is 22.2. The zero-order valence-corrected chi connectivity index (χ0v) is 18.8. The number of carbonyl (C=O) groups is 2. The van der Waals surface area contributed by atoms with Crippen LogP contribution in [0.2, 0.25) is 0 Å². The molecule has 9 heteroatoms. The summed E-state index contributed by atoms with van der Waals surface area (Å²) in [5, 5.41) is 2.94. The summed E-state index contributed by atoms with van der Waals surface area (Å²) in [4.78, 5) is 33.6. The van der Waals surface area contributed by atoms with Crippen LogP contribution in [0.25, 0.3) is 11.3 Å². The maximum atomic E-state index is 13.0. The van der Waals surface area contributed by atoms with Gasteiger partial charge in [0.05, 0.1) is 24.6 Å². The lowest BCUT2D eigenvalue weighted by Gasteiger charge is -2.18. The Morgan fingerprint density at radius 3 is 2.73 bits per heavy atom. The molecule has 0 unspecified atom stereocenters. The second-order valence-corrected chi connectivity index (χ2v) is 8.61. The summed E-state index contributed by atoms with van der Waals surface area (Å²) in [7, 11) is 0. The minimum Gasteiger partial charge on any atom is -0.460 e. The minimum absolute atomic E-state index is 0.0725. The third-order valence-electron chi connectivity index (χ3n) is 4.89. The Balaban J connectivity index is 1.55. The van der Waals surface area contributed by atoms with Gasteiger partial charge in [0.15, 0.2) is 0 Å². The summed E-state index contributed by atoms with van der Waals surface area (Å²) in [6, 6.07) is 11.1. The van der Waals surface area contributed by atoms with Crippen LogP contribution in [0.4, 0.5) is 5.69 Å². The third kappa shape index (κ3) is 5.09. The molecule has 3 heterocycles. The van der Waals surface area contributed by atoms with Crippen molar-refractivity contribution < 1.29 is 14.3 Å². The smallest absolute Gasteiger partial charge is 0.312 e. The summed E-state index contributed by atoms with van der Waals surface area (Å²) in [5.41, 5.74) is 9.18. The number of hydrogen-bond donors (Lipinski definition) is 2. The fourth-order valence-electron chi connectivity index (χ4n) is 3.43. The summed E-state index contributed by atoms with van der Waals surface area (Å²) < 4.78 is 8.86. The van der Waals surface area contributed by atoms with Crippen molar-refractivity contribution in [2.75, 3.05) is 5.32 Å². The molecular weight excluding hydrogens is 420 g/mol. The van der Waals surface area contributed by atoms with E-state index in [1.165, 1.54) is 6.20 Å². The summed E-state index contributed by atoms with van der Waals surface area (Å²) in [6.45, 7) is 5.73. The highest BCUT2D eigenvalue weighted by Gasteiger charge is 2.18. The number of aromatic nitrogens is 4. The number of rotatable bonds is 6. The number of hydrogen-bond acceptors (Lipinski definition) is 6. The molecule has 0 atom stereocenters. The van der Waals surface area contributed by atoms with Gasteiger partial charge >= 0.3 is 5.97 Å². The maximum absolute atomic E-state index is 13.0. The zero-order valence-electron chi connectivity index (χ0n) is 18.8. The van der Waals surface area contributed by atoms with Crippen molar-refractivity contribution in [2.45, 2.75) is 39.3 Å². The fourth-order valence-corrected chi connectivity index (χ4v) is 3.43. The van der Waals surface area contributed by atoms with Crippen LogP contribution in [-0.2, 0) is 22.5 Å². The number of benzene rings is 1. The first-order chi connectivity index (χ1) is 15.7. The first-order valence-corrected chi connectivity index (χ1v) is 10.5. The largest absolute Gasteiger partial charge is 0.460 e. The molecule has 0 saturated carbocycles. The number of fused-ring (bicyclic) bond motifs is 1. The van der Waals surface area contributed by atoms with Gasteiger partial charge in [-0.3, -0.25) is 14.0 Å². The van der Waals surface area contributed by atoms with Gasteiger partial charge in [0, 0.05) is 30.3 Å². The number of pyridine rings is 1. The molecular formula is C24H26N6O3. The van der Waals surface area contributed by atoms with Gasteiger partial charge in [0.25, 0.3) is 5.91 Å². The lowest BCUT2D eigenvalue weighted by Crippen LogP contribution is -2.24. The van der Waals surface area contributed by atoms with Crippen LogP contribution in [0.3, 0.4) is 0 Å². The fraction of sp³-hybridized carbons (Fsp3) is 0.250. The minimum atomic E-state index is -0.550. The highest BCUT2D eigenvalue weighted by molar-refractivity contribution is 6.04. The Hall–Kier alpha value is -3.98. The highest BCUT2D eigenvalue weighted by atomic mass is 16.6. The average molecular weight is 447 g/mol. The van der Waals surface area contributed by atoms with Crippen molar-refractivity contribution in [3.63, 3.8) is 0 Å². The zero-order chi connectivity index (χ0) is 23.6. The molecule has 1 amide bonds. The Bertz CT molecular complexity index is 1320. The molecule has 0 aliphatic rings. The van der Waals surface area contributed by atoms with Crippen LogP contribution < -0.4 is 11.1 Å². The number of amides is 1. The van der Waals surface area contributed by atoms with Crippen molar-refractivity contribution >= 4 is 23.2 Å². The molecule has 4 rings (SSSR count). The van der Waals surface area contributed by atoms with E-state index in [4.69, 9.17) is 10.5 Å². The van der Waals surface area contributed by atoms with Crippen LogP contribution in [0.5, 0.6) is 0 Å². The topological polar surface area (TPSA) is 117 Å². The molecule has 9 nitrogen and oxygen atoms in total. The van der Waals surface area contributed by atoms with Gasteiger partial charge in [0.2, 0.25) is 0 Å². The van der Waals surface area contributed by atoms with Crippen LogP contribution in [0, 0.1) is 0 Å². The van der Waals surface area contributed by atoms with E-state index in [1.54, 1.807) is 27.7 Å². The third-order valence-corrected chi connectivity index (χ3v) is 4.89. The molecule has 0 aliphatic carbocycles. The van der Waals surface area contributed by atoms with E-state index in [2.05, 4.69) is 15.3 Å². The lowest BCUT2D eigenvalue weighted by molar-refractivity contribution is -0.153. The number of nitrogens with zero attached hydrogens (tertiary/aromatic N) is 4. The summed E-state index contributed by atoms with van der Waals surface area (Å²) in [5.74, 6) is -0.635. The lowest BCUT2D eigenvalue weighted by atomic mass is 10.1. The number of imidazole rings is 2. The molecule has 0 fully saturated rings. The highest BCUT2D eigenvalue weighted by Crippen LogP contribution is 2.22. The molecule has 0 radical (unpaired) electrons. The molecule has 0 spiro atoms. The SMILES string of the molecule is CC(C)(C)OC(=O)Cc1cn(-c2ccc(CN)c(NC(=O)c3cnc4ccccn34)c2)cn1. The van der Waals surface area contributed by atoms with E-state index < -0.39 is 5.60 Å². The Kier molecular flexibility index (Phi) is 5.97. The van der Waals surface area contributed by atoms with E-state index in [9.17, 15) is 9.59 Å². The first-order valence-electron chi connectivity index (χ1n) is 10.5. The van der Waals surface area contributed by atoms with Crippen molar-refractivity contribution in [1.29, 1.82) is 0 Å². The van der Waals surface area contributed by atoms with E-state index in [1.807, 2.05) is 57.2 Å². The molecule has 33 heavy (non-hydrogen) atoms. The van der Waals surface area contributed by atoms with Crippen LogP contribution in [-0.4, -0.2) is 36.4 Å². The Morgan fingerprint density at radius 2 is 1.97 bits per heavy atom. The Labute approximate surface area is 191 Å². The van der Waals surface area contributed by atoms with Gasteiger partial charge in [-0.05, 0) is 50.6 Å². The number of anilines is 1. The van der Waals surface area contributed by atoms with Gasteiger partial charge in [-0.25, -0.2) is 9.97 Å². The van der Waals surface area contributed by atoms with E-state index in [0.29, 0.717) is 22.7 Å². The van der Waals surface area contributed by atoms with Gasteiger partial charge in [-0.1, -0.05) is 12.1 Å². The maximum Gasteiger partial charge on any atom is 0.312 e. The quantitative estimate of drug-likeness (QED) is 0.440. The average Bonchev–Trinajstić information content (AvgIpc) is 3.39. The van der Waals surface area contributed by atoms with Crippen molar-refractivity contribution in [3.8, 4) is 5.69 Å². The van der Waals surface area contributed by atoms with Gasteiger partial charge in [-0.15, -0.1) is 0 Å². The summed E-state index contributed by atoms with van der Waals surface area (Å²) >= 11 is 0. The second kappa shape index (κ2) is 8.87. The number of carbonyl (C=O) groups excluding carboxylic acids is 2. The van der Waals surface area contributed by atoms with Crippen molar-refractivity contribution in [2.24, 2.45) is 5.73 Å². The summed E-state index contributed by atoms with van der Waals surface area (Å²) in [6.07, 6.45) is 6.78.